The standard InChI is InChI=1S/C27H23N3O4S/c1-4-15-34-26(33)20-16(3)28-27-30(22(20)17-11-7-6-8-12-17)25(32)23(35-27)21-18-13-9-10-14-19(18)29(5-2)24(21)31/h4,6-14,22H,1,5,15H2,2-3H3/b23-21-. The molecule has 0 N–H and O–H groups in total. The number of allylic oxidation sites excluding steroid dienone is 1. The number of aromatic nitrogens is 1. The van der Waals surface area contributed by atoms with Crippen LogP contribution in [-0.4, -0.2) is 29.6 Å². The fourth-order valence-corrected chi connectivity index (χ4v) is 5.75. The molecule has 2 aliphatic rings. The number of likely N-dealkylation sites (N-methyl/N-ethyl adjacent to an activating group) is 1. The largest absolute Gasteiger partial charge is 0.458 e. The summed E-state index contributed by atoms with van der Waals surface area (Å²) in [6.45, 7) is 7.77. The Kier molecular flexibility index (Phi) is 5.82. The first kappa shape index (κ1) is 22.7. The maximum Gasteiger partial charge on any atom is 0.338 e. The second-order valence-electron chi connectivity index (χ2n) is 8.14. The molecular formula is C27H23N3O4S. The maximum absolute atomic E-state index is 14.0. The molecule has 0 radical (unpaired) electrons. The molecule has 0 fully saturated rings. The lowest BCUT2D eigenvalue weighted by Gasteiger charge is -2.24. The summed E-state index contributed by atoms with van der Waals surface area (Å²) in [5.74, 6) is -0.769. The summed E-state index contributed by atoms with van der Waals surface area (Å²) in [7, 11) is 0. The Hall–Kier alpha value is -4.04. The Bertz CT molecular complexity index is 1580. The maximum atomic E-state index is 14.0. The van der Waals surface area contributed by atoms with Gasteiger partial charge in [-0.1, -0.05) is 72.5 Å². The van der Waals surface area contributed by atoms with Gasteiger partial charge >= 0.3 is 5.97 Å². The van der Waals surface area contributed by atoms with Gasteiger partial charge in [0.2, 0.25) is 0 Å². The number of carbonyl (C=O) groups excluding carboxylic acids is 2. The van der Waals surface area contributed by atoms with Gasteiger partial charge in [-0.2, -0.15) is 0 Å². The van der Waals surface area contributed by atoms with Crippen molar-refractivity contribution in [2.45, 2.75) is 19.9 Å². The molecule has 1 amide bonds. The zero-order valence-corrected chi connectivity index (χ0v) is 20.2. The highest BCUT2D eigenvalue weighted by atomic mass is 32.1. The molecule has 5 rings (SSSR count). The number of benzene rings is 2. The zero-order chi connectivity index (χ0) is 24.7. The molecule has 3 heterocycles. The minimum absolute atomic E-state index is 0.0455. The van der Waals surface area contributed by atoms with Crippen molar-refractivity contribution in [3.8, 4) is 0 Å². The van der Waals surface area contributed by atoms with E-state index in [0.29, 0.717) is 27.1 Å². The van der Waals surface area contributed by atoms with Crippen LogP contribution in [0.3, 0.4) is 0 Å². The highest BCUT2D eigenvalue weighted by molar-refractivity contribution is 7.07. The van der Waals surface area contributed by atoms with Gasteiger partial charge < -0.3 is 9.64 Å². The molecule has 2 aromatic carbocycles. The smallest absolute Gasteiger partial charge is 0.338 e. The molecule has 176 valence electrons. The summed E-state index contributed by atoms with van der Waals surface area (Å²) in [4.78, 5) is 47.1. The summed E-state index contributed by atoms with van der Waals surface area (Å²) < 4.78 is 7.17. The molecule has 0 bridgehead atoms. The number of thiazole rings is 1. The summed E-state index contributed by atoms with van der Waals surface area (Å²) in [6, 6.07) is 16.0. The number of rotatable bonds is 5. The van der Waals surface area contributed by atoms with Crippen molar-refractivity contribution in [1.29, 1.82) is 0 Å². The molecule has 35 heavy (non-hydrogen) atoms. The van der Waals surface area contributed by atoms with Crippen LogP contribution >= 0.6 is 11.3 Å². The van der Waals surface area contributed by atoms with Crippen LogP contribution in [0.25, 0.3) is 5.57 Å². The number of fused-ring (bicyclic) bond motifs is 2. The quantitative estimate of drug-likeness (QED) is 0.411. The molecule has 8 heteroatoms. The van der Waals surface area contributed by atoms with E-state index in [1.54, 1.807) is 11.8 Å². The second-order valence-corrected chi connectivity index (χ2v) is 9.12. The van der Waals surface area contributed by atoms with Crippen molar-refractivity contribution >= 4 is 34.5 Å². The van der Waals surface area contributed by atoms with Crippen molar-refractivity contribution < 1.29 is 14.3 Å². The summed E-state index contributed by atoms with van der Waals surface area (Å²) in [5.41, 5.74) is 3.02. The van der Waals surface area contributed by atoms with Crippen molar-refractivity contribution in [2.75, 3.05) is 18.1 Å². The average Bonchev–Trinajstić information content (AvgIpc) is 3.34. The molecule has 1 aromatic heterocycles. The predicted molar refractivity (Wildman–Crippen MR) is 135 cm³/mol. The molecule has 2 aliphatic heterocycles. The van der Waals surface area contributed by atoms with Gasteiger partial charge in [0.25, 0.3) is 11.5 Å². The zero-order valence-electron chi connectivity index (χ0n) is 19.4. The first-order valence-corrected chi connectivity index (χ1v) is 12.1. The number of hydrogen-bond donors (Lipinski definition) is 0. The van der Waals surface area contributed by atoms with E-state index in [1.807, 2.05) is 61.5 Å². The van der Waals surface area contributed by atoms with E-state index in [4.69, 9.17) is 4.74 Å². The monoisotopic (exact) mass is 485 g/mol. The van der Waals surface area contributed by atoms with E-state index in [9.17, 15) is 14.4 Å². The highest BCUT2D eigenvalue weighted by Crippen LogP contribution is 2.35. The third-order valence-electron chi connectivity index (χ3n) is 6.13. The molecule has 0 spiro atoms. The Balaban J connectivity index is 1.80. The van der Waals surface area contributed by atoms with Gasteiger partial charge in [-0.05, 0) is 25.5 Å². The first-order chi connectivity index (χ1) is 17.0. The van der Waals surface area contributed by atoms with Crippen LogP contribution in [0.4, 0.5) is 5.69 Å². The van der Waals surface area contributed by atoms with Crippen molar-refractivity contribution in [2.24, 2.45) is 4.99 Å². The van der Waals surface area contributed by atoms with Crippen LogP contribution < -0.4 is 19.8 Å². The molecule has 1 atom stereocenters. The third-order valence-corrected chi connectivity index (χ3v) is 7.18. The number of hydrogen-bond acceptors (Lipinski definition) is 6. The van der Waals surface area contributed by atoms with E-state index in [1.165, 1.54) is 22.0 Å². The molecule has 1 unspecified atom stereocenters. The number of amides is 1. The van der Waals surface area contributed by atoms with Crippen molar-refractivity contribution in [1.82, 2.24) is 4.57 Å². The van der Waals surface area contributed by atoms with Crippen molar-refractivity contribution in [3.63, 3.8) is 0 Å². The van der Waals surface area contributed by atoms with Gasteiger partial charge in [-0.15, -0.1) is 0 Å². The van der Waals surface area contributed by atoms with Crippen LogP contribution in [0.5, 0.6) is 0 Å². The number of esters is 1. The number of anilines is 1. The molecule has 0 saturated carbocycles. The van der Waals surface area contributed by atoms with Gasteiger partial charge in [-0.3, -0.25) is 14.2 Å². The Morgan fingerprint density at radius 1 is 1.14 bits per heavy atom. The third kappa shape index (κ3) is 3.57. The van der Waals surface area contributed by atoms with E-state index in [-0.39, 0.29) is 23.6 Å². The predicted octanol–water partition coefficient (Wildman–Crippen LogP) is 2.70. The van der Waals surface area contributed by atoms with Crippen LogP contribution in [0.15, 0.2) is 88.3 Å². The molecule has 7 nitrogen and oxygen atoms in total. The molecular weight excluding hydrogens is 462 g/mol. The Morgan fingerprint density at radius 2 is 1.86 bits per heavy atom. The summed E-state index contributed by atoms with van der Waals surface area (Å²) >= 11 is 1.17. The van der Waals surface area contributed by atoms with Crippen molar-refractivity contribution in [3.05, 3.63) is 109 Å². The van der Waals surface area contributed by atoms with Gasteiger partial charge in [0.05, 0.1) is 28.6 Å². The fraction of sp³-hybridized carbons (Fsp3) is 0.185. The first-order valence-electron chi connectivity index (χ1n) is 11.3. The van der Waals surface area contributed by atoms with Crippen LogP contribution in [0, 0.1) is 0 Å². The lowest BCUT2D eigenvalue weighted by atomic mass is 9.96. The van der Waals surface area contributed by atoms with E-state index in [2.05, 4.69) is 11.6 Å². The minimum atomic E-state index is -0.729. The highest BCUT2D eigenvalue weighted by Gasteiger charge is 2.36. The topological polar surface area (TPSA) is 81.0 Å². The number of para-hydroxylation sites is 1. The normalized spacial score (nSPS) is 18.2. The molecule has 3 aromatic rings. The lowest BCUT2D eigenvalue weighted by molar-refractivity contribution is -0.138. The molecule has 0 aliphatic carbocycles. The van der Waals surface area contributed by atoms with Gasteiger partial charge in [0.15, 0.2) is 4.80 Å². The molecule has 0 saturated heterocycles. The van der Waals surface area contributed by atoms with E-state index >= 15 is 0 Å². The minimum Gasteiger partial charge on any atom is -0.458 e. The Labute approximate surface area is 205 Å². The van der Waals surface area contributed by atoms with Crippen LogP contribution in [-0.2, 0) is 14.3 Å². The summed E-state index contributed by atoms with van der Waals surface area (Å²) in [5, 5.41) is 0. The van der Waals surface area contributed by atoms with E-state index in [0.717, 1.165) is 16.8 Å². The van der Waals surface area contributed by atoms with Gasteiger partial charge in [0.1, 0.15) is 11.1 Å². The van der Waals surface area contributed by atoms with Gasteiger partial charge in [-0.25, -0.2) is 9.79 Å². The summed E-state index contributed by atoms with van der Waals surface area (Å²) in [6.07, 6.45) is 1.49. The SMILES string of the molecule is C=CCOC(=O)C1=C(C)N=c2s/c(=C3\C(=O)N(CC)c4ccccc43)c(=O)n2C1c1ccccc1. The number of nitrogens with zero attached hydrogens (tertiary/aromatic N) is 3. The average molecular weight is 486 g/mol. The number of ether oxygens (including phenoxy) is 1. The fourth-order valence-electron chi connectivity index (χ4n) is 4.61. The van der Waals surface area contributed by atoms with E-state index < -0.39 is 12.0 Å². The van der Waals surface area contributed by atoms with Crippen LogP contribution in [0.1, 0.15) is 31.0 Å². The van der Waals surface area contributed by atoms with Gasteiger partial charge in [0, 0.05) is 12.1 Å². The second kappa shape index (κ2) is 8.96. The lowest BCUT2D eigenvalue weighted by Crippen LogP contribution is -2.41. The van der Waals surface area contributed by atoms with Crippen LogP contribution in [0.2, 0.25) is 0 Å². The number of carbonyl (C=O) groups is 2. The Morgan fingerprint density at radius 3 is 2.57 bits per heavy atom.